The largest absolute Gasteiger partial charge is 0.497 e. The van der Waals surface area contributed by atoms with Crippen molar-refractivity contribution in [2.24, 2.45) is 0 Å². The third-order valence-electron chi connectivity index (χ3n) is 4.44. The van der Waals surface area contributed by atoms with E-state index < -0.39 is 13.9 Å². The van der Waals surface area contributed by atoms with E-state index in [4.69, 9.17) is 14.0 Å². The fourth-order valence-electron chi connectivity index (χ4n) is 3.13. The lowest BCUT2D eigenvalue weighted by Crippen LogP contribution is -2.29. The zero-order valence-corrected chi connectivity index (χ0v) is 16.0. The van der Waals surface area contributed by atoms with Crippen molar-refractivity contribution in [1.29, 1.82) is 0 Å². The maximum absolute atomic E-state index is 11.7. The number of methoxy groups -OCH3 is 2. The number of aryl methyl sites for hydroxylation is 1. The van der Waals surface area contributed by atoms with Crippen molar-refractivity contribution < 1.29 is 23.5 Å². The molecule has 25 heavy (non-hydrogen) atoms. The molecule has 136 valence electrons. The van der Waals surface area contributed by atoms with Crippen LogP contribution in [0.1, 0.15) is 37.0 Å². The number of rotatable bonds is 8. The minimum Gasteiger partial charge on any atom is -0.497 e. The summed E-state index contributed by atoms with van der Waals surface area (Å²) in [6.07, 6.45) is 1.26. The first-order valence-electron chi connectivity index (χ1n) is 8.24. The highest BCUT2D eigenvalue weighted by molar-refractivity contribution is 7.32. The van der Waals surface area contributed by atoms with Crippen LogP contribution in [-0.2, 0) is 21.1 Å². The maximum atomic E-state index is 11.7. The van der Waals surface area contributed by atoms with Crippen LogP contribution in [-0.4, -0.2) is 19.1 Å². The average molecular weight is 364 g/mol. The Bertz CT molecular complexity index is 729. The van der Waals surface area contributed by atoms with Gasteiger partial charge in [-0.05, 0) is 53.8 Å². The fraction of sp³-hybridized carbons (Fsp3) is 0.368. The molecule has 0 saturated heterocycles. The Balaban J connectivity index is 2.68. The first kappa shape index (κ1) is 19.5. The number of ether oxygens (including phenoxy) is 2. The van der Waals surface area contributed by atoms with Crippen LogP contribution in [0.2, 0.25) is 0 Å². The molecule has 0 aromatic heterocycles. The first-order valence-corrected chi connectivity index (χ1v) is 9.51. The summed E-state index contributed by atoms with van der Waals surface area (Å²) < 4.78 is 27.9. The van der Waals surface area contributed by atoms with Crippen molar-refractivity contribution in [3.05, 3.63) is 59.2 Å². The Morgan fingerprint density at radius 2 is 1.60 bits per heavy atom. The lowest BCUT2D eigenvalue weighted by molar-refractivity contribution is 0.0989. The second-order valence-electron chi connectivity index (χ2n) is 5.65. The monoisotopic (exact) mass is 364 g/mol. The van der Waals surface area contributed by atoms with Gasteiger partial charge in [-0.2, -0.15) is 0 Å². The summed E-state index contributed by atoms with van der Waals surface area (Å²) in [4.78, 5) is 9.58. The van der Waals surface area contributed by atoms with Crippen LogP contribution in [0, 0.1) is 0 Å². The Morgan fingerprint density at radius 3 is 2.08 bits per heavy atom. The smallest absolute Gasteiger partial charge is 0.317 e. The molecular weight excluding hydrogens is 339 g/mol. The molecule has 0 aliphatic rings. The van der Waals surface area contributed by atoms with E-state index in [1.165, 1.54) is 0 Å². The summed E-state index contributed by atoms with van der Waals surface area (Å²) in [5.41, 5.74) is 1.69. The van der Waals surface area contributed by atoms with E-state index in [2.05, 4.69) is 0 Å². The van der Waals surface area contributed by atoms with Crippen LogP contribution in [0.4, 0.5) is 0 Å². The molecule has 2 rings (SSSR count). The maximum Gasteiger partial charge on any atom is 0.317 e. The molecule has 0 bridgehead atoms. The van der Waals surface area contributed by atoms with Crippen molar-refractivity contribution in [3.63, 3.8) is 0 Å². The summed E-state index contributed by atoms with van der Waals surface area (Å²) in [7, 11) is 0.0549. The highest BCUT2D eigenvalue weighted by atomic mass is 31.1. The molecule has 2 aromatic carbocycles. The normalized spacial score (nSPS) is 14.6. The van der Waals surface area contributed by atoms with E-state index in [9.17, 15) is 9.46 Å². The Hall–Kier alpha value is -1.81. The predicted molar refractivity (Wildman–Crippen MR) is 98.7 cm³/mol. The number of benzene rings is 2. The van der Waals surface area contributed by atoms with Gasteiger partial charge in [0.1, 0.15) is 17.1 Å². The van der Waals surface area contributed by atoms with Crippen molar-refractivity contribution in [1.82, 2.24) is 0 Å². The summed E-state index contributed by atoms with van der Waals surface area (Å²) in [6, 6.07) is 13.1. The minimum atomic E-state index is -3.16. The van der Waals surface area contributed by atoms with Crippen LogP contribution in [0.15, 0.2) is 42.5 Å². The Labute approximate surface area is 149 Å². The number of hydrogen-bond acceptors (Lipinski definition) is 4. The average Bonchev–Trinajstić information content (AvgIpc) is 2.65. The van der Waals surface area contributed by atoms with Gasteiger partial charge in [0, 0.05) is 0 Å². The van der Waals surface area contributed by atoms with Crippen LogP contribution in [0.5, 0.6) is 11.5 Å². The van der Waals surface area contributed by atoms with E-state index in [1.807, 2.05) is 56.3 Å². The molecule has 0 fully saturated rings. The molecule has 0 saturated carbocycles. The third-order valence-corrected chi connectivity index (χ3v) is 4.97. The molecule has 2 atom stereocenters. The molecule has 6 heteroatoms. The molecule has 2 unspecified atom stereocenters. The van der Waals surface area contributed by atoms with Gasteiger partial charge in [-0.25, -0.2) is 0 Å². The van der Waals surface area contributed by atoms with Crippen molar-refractivity contribution in [2.45, 2.75) is 32.3 Å². The standard InChI is InChI=1S/C19H25O5P/c1-5-14-13-17(23-4)11-12-18(14)19(6-2,24-25(20)21)15-7-9-16(22-3)10-8-15/h7-13,25H,5-6H2,1-4H3,(H,20,21). The van der Waals surface area contributed by atoms with E-state index in [0.717, 1.165) is 34.6 Å². The van der Waals surface area contributed by atoms with E-state index >= 15 is 0 Å². The summed E-state index contributed by atoms with van der Waals surface area (Å²) in [5, 5.41) is 0. The highest BCUT2D eigenvalue weighted by Gasteiger charge is 2.37. The molecule has 1 N–H and O–H groups in total. The van der Waals surface area contributed by atoms with Crippen molar-refractivity contribution in [3.8, 4) is 11.5 Å². The van der Waals surface area contributed by atoms with Crippen LogP contribution < -0.4 is 9.47 Å². The summed E-state index contributed by atoms with van der Waals surface area (Å²) in [5.74, 6) is 1.47. The third kappa shape index (κ3) is 4.06. The SMILES string of the molecule is CCc1cc(OC)ccc1C(CC)(O[PH](=O)O)c1ccc(OC)cc1. The summed E-state index contributed by atoms with van der Waals surface area (Å²) >= 11 is 0. The second-order valence-corrected chi connectivity index (χ2v) is 6.39. The van der Waals surface area contributed by atoms with Gasteiger partial charge in [-0.1, -0.05) is 32.0 Å². The Kier molecular flexibility index (Phi) is 6.65. The molecular formula is C19H25O5P. The van der Waals surface area contributed by atoms with Gasteiger partial charge in [-0.15, -0.1) is 0 Å². The van der Waals surface area contributed by atoms with Crippen LogP contribution in [0.3, 0.4) is 0 Å². The minimum absolute atomic E-state index is 0.510. The van der Waals surface area contributed by atoms with Crippen molar-refractivity contribution >= 4 is 8.25 Å². The van der Waals surface area contributed by atoms with E-state index in [0.29, 0.717) is 6.42 Å². The summed E-state index contributed by atoms with van der Waals surface area (Å²) in [6.45, 7) is 3.98. The zero-order chi connectivity index (χ0) is 18.4. The van der Waals surface area contributed by atoms with Crippen LogP contribution >= 0.6 is 8.25 Å². The topological polar surface area (TPSA) is 65.0 Å². The van der Waals surface area contributed by atoms with Gasteiger partial charge in [-0.3, -0.25) is 9.09 Å². The molecule has 0 heterocycles. The van der Waals surface area contributed by atoms with Gasteiger partial charge < -0.3 is 14.4 Å². The molecule has 0 aliphatic heterocycles. The van der Waals surface area contributed by atoms with Gasteiger partial charge >= 0.3 is 8.25 Å². The predicted octanol–water partition coefficient (Wildman–Crippen LogP) is 4.32. The molecule has 0 aliphatic carbocycles. The molecule has 0 amide bonds. The van der Waals surface area contributed by atoms with Crippen LogP contribution in [0.25, 0.3) is 0 Å². The Morgan fingerprint density at radius 1 is 1.00 bits per heavy atom. The van der Waals surface area contributed by atoms with E-state index in [1.54, 1.807) is 14.2 Å². The quantitative estimate of drug-likeness (QED) is 0.707. The molecule has 0 radical (unpaired) electrons. The van der Waals surface area contributed by atoms with Gasteiger partial charge in [0.15, 0.2) is 0 Å². The lowest BCUT2D eigenvalue weighted by atomic mass is 9.81. The zero-order valence-electron chi connectivity index (χ0n) is 15.0. The number of hydrogen-bond donors (Lipinski definition) is 1. The lowest BCUT2D eigenvalue weighted by Gasteiger charge is -2.34. The van der Waals surface area contributed by atoms with Gasteiger partial charge in [0.2, 0.25) is 0 Å². The molecule has 2 aromatic rings. The molecule has 5 nitrogen and oxygen atoms in total. The van der Waals surface area contributed by atoms with Gasteiger partial charge in [0.05, 0.1) is 14.2 Å². The van der Waals surface area contributed by atoms with Gasteiger partial charge in [0.25, 0.3) is 0 Å². The first-order chi connectivity index (χ1) is 12.0. The fourth-order valence-corrected chi connectivity index (χ4v) is 3.80. The van der Waals surface area contributed by atoms with E-state index in [-0.39, 0.29) is 0 Å². The van der Waals surface area contributed by atoms with Crippen molar-refractivity contribution in [2.75, 3.05) is 14.2 Å². The second kappa shape index (κ2) is 8.52. The molecule has 0 spiro atoms. The highest BCUT2D eigenvalue weighted by Crippen LogP contribution is 2.45.